The minimum absolute atomic E-state index is 0.126. The SMILES string of the molecule is Cc1cc(CSc2ncccc2C(=O)N2CC[C@H]3CCCC[C@@H]3C2)no1. The summed E-state index contributed by atoms with van der Waals surface area (Å²) in [5, 5.41) is 4.80. The van der Waals surface area contributed by atoms with E-state index in [1.165, 1.54) is 25.7 Å². The van der Waals surface area contributed by atoms with Gasteiger partial charge in [-0.25, -0.2) is 4.98 Å². The van der Waals surface area contributed by atoms with E-state index in [4.69, 9.17) is 4.52 Å². The zero-order valence-electron chi connectivity index (χ0n) is 15.2. The maximum atomic E-state index is 13.1. The molecule has 1 saturated carbocycles. The molecule has 1 amide bonds. The third-order valence-electron chi connectivity index (χ3n) is 5.61. The van der Waals surface area contributed by atoms with Crippen molar-refractivity contribution < 1.29 is 9.32 Å². The fourth-order valence-corrected chi connectivity index (χ4v) is 5.12. The number of hydrogen-bond acceptors (Lipinski definition) is 5. The summed E-state index contributed by atoms with van der Waals surface area (Å²) < 4.78 is 5.12. The molecule has 2 aromatic heterocycles. The Bertz CT molecular complexity index is 776. The topological polar surface area (TPSA) is 59.2 Å². The van der Waals surface area contributed by atoms with Crippen LogP contribution in [-0.4, -0.2) is 34.0 Å². The summed E-state index contributed by atoms with van der Waals surface area (Å²) in [5.74, 6) is 3.09. The van der Waals surface area contributed by atoms with E-state index < -0.39 is 0 Å². The Morgan fingerprint density at radius 1 is 1.31 bits per heavy atom. The van der Waals surface area contributed by atoms with Crippen LogP contribution in [0.15, 0.2) is 33.9 Å². The summed E-state index contributed by atoms with van der Waals surface area (Å²) >= 11 is 1.55. The van der Waals surface area contributed by atoms with Crippen LogP contribution in [0, 0.1) is 18.8 Å². The van der Waals surface area contributed by atoms with Crippen molar-refractivity contribution >= 4 is 17.7 Å². The highest BCUT2D eigenvalue weighted by atomic mass is 32.2. The number of carbonyl (C=O) groups is 1. The standard InChI is InChI=1S/C20H25N3O2S/c1-14-11-17(22-25-14)13-26-19-18(7-4-9-21-19)20(24)23-10-8-15-5-2-3-6-16(15)12-23/h4,7,9,11,15-16H,2-3,5-6,8,10,12-13H2,1H3/t15-,16-/m1/s1. The van der Waals surface area contributed by atoms with Gasteiger partial charge in [-0.1, -0.05) is 36.2 Å². The molecule has 2 aliphatic rings. The molecule has 5 nitrogen and oxygen atoms in total. The Labute approximate surface area is 158 Å². The Hall–Kier alpha value is -1.82. The number of nitrogens with zero attached hydrogens (tertiary/aromatic N) is 3. The van der Waals surface area contributed by atoms with Gasteiger partial charge < -0.3 is 9.42 Å². The normalized spacial score (nSPS) is 22.9. The summed E-state index contributed by atoms with van der Waals surface area (Å²) in [6.07, 6.45) is 8.19. The number of pyridine rings is 1. The van der Waals surface area contributed by atoms with Crippen LogP contribution >= 0.6 is 11.8 Å². The van der Waals surface area contributed by atoms with E-state index in [1.54, 1.807) is 18.0 Å². The summed E-state index contributed by atoms with van der Waals surface area (Å²) in [7, 11) is 0. The van der Waals surface area contributed by atoms with Crippen molar-refractivity contribution in [2.75, 3.05) is 13.1 Å². The van der Waals surface area contributed by atoms with Gasteiger partial charge in [-0.3, -0.25) is 4.79 Å². The van der Waals surface area contributed by atoms with E-state index in [2.05, 4.69) is 10.1 Å². The Balaban J connectivity index is 1.45. The molecule has 2 fully saturated rings. The number of carbonyl (C=O) groups excluding carboxylic acids is 1. The molecule has 26 heavy (non-hydrogen) atoms. The molecule has 0 bridgehead atoms. The molecule has 138 valence electrons. The molecule has 0 spiro atoms. The molecular weight excluding hydrogens is 346 g/mol. The number of thioether (sulfide) groups is 1. The molecule has 2 atom stereocenters. The van der Waals surface area contributed by atoms with Gasteiger partial charge in [0.25, 0.3) is 5.91 Å². The number of likely N-dealkylation sites (tertiary alicyclic amines) is 1. The van der Waals surface area contributed by atoms with Crippen molar-refractivity contribution in [3.63, 3.8) is 0 Å². The molecule has 0 N–H and O–H groups in total. The van der Waals surface area contributed by atoms with Gasteiger partial charge in [-0.05, 0) is 43.7 Å². The molecule has 1 saturated heterocycles. The van der Waals surface area contributed by atoms with Crippen molar-refractivity contribution in [2.45, 2.75) is 49.8 Å². The van der Waals surface area contributed by atoms with Crippen molar-refractivity contribution in [1.29, 1.82) is 0 Å². The van der Waals surface area contributed by atoms with Gasteiger partial charge in [0.05, 0.1) is 11.3 Å². The first-order valence-corrected chi connectivity index (χ1v) is 10.5. The van der Waals surface area contributed by atoms with Crippen molar-refractivity contribution in [3.05, 3.63) is 41.4 Å². The predicted octanol–water partition coefficient (Wildman–Crippen LogP) is 4.32. The highest BCUT2D eigenvalue weighted by Crippen LogP contribution is 2.37. The van der Waals surface area contributed by atoms with E-state index in [9.17, 15) is 4.79 Å². The number of amides is 1. The lowest BCUT2D eigenvalue weighted by Crippen LogP contribution is -2.44. The largest absolute Gasteiger partial charge is 0.361 e. The Kier molecular flexibility index (Phi) is 5.29. The van der Waals surface area contributed by atoms with Gasteiger partial charge in [0.2, 0.25) is 0 Å². The lowest BCUT2D eigenvalue weighted by Gasteiger charge is -2.41. The molecular formula is C20H25N3O2S. The fraction of sp³-hybridized carbons (Fsp3) is 0.550. The van der Waals surface area contributed by atoms with Gasteiger partial charge in [0, 0.05) is 31.1 Å². The van der Waals surface area contributed by atoms with Crippen LogP contribution in [-0.2, 0) is 5.75 Å². The number of piperidine rings is 1. The summed E-state index contributed by atoms with van der Waals surface area (Å²) in [4.78, 5) is 19.7. The molecule has 2 aromatic rings. The van der Waals surface area contributed by atoms with E-state index >= 15 is 0 Å². The van der Waals surface area contributed by atoms with Crippen molar-refractivity contribution in [3.8, 4) is 0 Å². The lowest BCUT2D eigenvalue weighted by atomic mass is 9.75. The van der Waals surface area contributed by atoms with Crippen LogP contribution in [0.25, 0.3) is 0 Å². The van der Waals surface area contributed by atoms with E-state index in [-0.39, 0.29) is 5.91 Å². The molecule has 1 aliphatic carbocycles. The number of aryl methyl sites for hydroxylation is 1. The quantitative estimate of drug-likeness (QED) is 0.749. The maximum absolute atomic E-state index is 13.1. The Morgan fingerprint density at radius 3 is 2.96 bits per heavy atom. The lowest BCUT2D eigenvalue weighted by molar-refractivity contribution is 0.0517. The minimum atomic E-state index is 0.126. The molecule has 4 rings (SSSR count). The molecule has 1 aliphatic heterocycles. The first kappa shape index (κ1) is 17.6. The third kappa shape index (κ3) is 3.80. The second-order valence-electron chi connectivity index (χ2n) is 7.42. The third-order valence-corrected chi connectivity index (χ3v) is 6.65. The number of hydrogen-bond donors (Lipinski definition) is 0. The van der Waals surface area contributed by atoms with Crippen LogP contribution < -0.4 is 0 Å². The van der Waals surface area contributed by atoms with Crippen molar-refractivity contribution in [2.24, 2.45) is 11.8 Å². The predicted molar refractivity (Wildman–Crippen MR) is 101 cm³/mol. The van der Waals surface area contributed by atoms with E-state index in [1.807, 2.05) is 30.0 Å². The highest BCUT2D eigenvalue weighted by Gasteiger charge is 2.33. The average molecular weight is 372 g/mol. The van der Waals surface area contributed by atoms with Gasteiger partial charge in [0.1, 0.15) is 10.8 Å². The van der Waals surface area contributed by atoms with E-state index in [0.29, 0.717) is 17.2 Å². The second kappa shape index (κ2) is 7.82. The van der Waals surface area contributed by atoms with E-state index in [0.717, 1.165) is 41.9 Å². The minimum Gasteiger partial charge on any atom is -0.361 e. The molecule has 0 radical (unpaired) electrons. The number of aromatic nitrogens is 2. The molecule has 0 unspecified atom stereocenters. The molecule has 0 aromatic carbocycles. The number of fused-ring (bicyclic) bond motifs is 1. The van der Waals surface area contributed by atoms with Gasteiger partial charge in [-0.2, -0.15) is 0 Å². The van der Waals surface area contributed by atoms with Gasteiger partial charge in [-0.15, -0.1) is 0 Å². The average Bonchev–Trinajstić information content (AvgIpc) is 3.11. The summed E-state index contributed by atoms with van der Waals surface area (Å²) in [6.45, 7) is 3.66. The molecule has 6 heteroatoms. The van der Waals surface area contributed by atoms with Gasteiger partial charge >= 0.3 is 0 Å². The second-order valence-corrected chi connectivity index (χ2v) is 8.38. The monoisotopic (exact) mass is 371 g/mol. The van der Waals surface area contributed by atoms with Crippen LogP contribution in [0.4, 0.5) is 0 Å². The van der Waals surface area contributed by atoms with Crippen LogP contribution in [0.5, 0.6) is 0 Å². The van der Waals surface area contributed by atoms with Crippen LogP contribution in [0.1, 0.15) is 53.9 Å². The van der Waals surface area contributed by atoms with Crippen LogP contribution in [0.2, 0.25) is 0 Å². The maximum Gasteiger partial charge on any atom is 0.256 e. The molecule has 3 heterocycles. The zero-order chi connectivity index (χ0) is 17.9. The zero-order valence-corrected chi connectivity index (χ0v) is 16.0. The first-order valence-electron chi connectivity index (χ1n) is 9.50. The summed E-state index contributed by atoms with van der Waals surface area (Å²) in [6, 6.07) is 5.68. The summed E-state index contributed by atoms with van der Waals surface area (Å²) in [5.41, 5.74) is 1.59. The van der Waals surface area contributed by atoms with Gasteiger partial charge in [0.15, 0.2) is 0 Å². The smallest absolute Gasteiger partial charge is 0.256 e. The highest BCUT2D eigenvalue weighted by molar-refractivity contribution is 7.98. The first-order chi connectivity index (χ1) is 12.7. The van der Waals surface area contributed by atoms with Crippen molar-refractivity contribution in [1.82, 2.24) is 15.0 Å². The fourth-order valence-electron chi connectivity index (χ4n) is 4.25. The Morgan fingerprint density at radius 2 is 2.15 bits per heavy atom. The van der Waals surface area contributed by atoms with Crippen LogP contribution in [0.3, 0.4) is 0 Å². The number of rotatable bonds is 4.